The van der Waals surface area contributed by atoms with Crippen LogP contribution in [-0.4, -0.2) is 36.9 Å². The lowest BCUT2D eigenvalue weighted by molar-refractivity contribution is -0.111. The largest absolute Gasteiger partial charge is 0.307 e. The number of hydrogen-bond acceptors (Lipinski definition) is 4. The lowest BCUT2D eigenvalue weighted by Crippen LogP contribution is -2.16. The van der Waals surface area contributed by atoms with Crippen LogP contribution in [-0.2, 0) is 14.6 Å². The zero-order valence-electron chi connectivity index (χ0n) is 18.1. The van der Waals surface area contributed by atoms with Gasteiger partial charge in [-0.1, -0.05) is 24.3 Å². The van der Waals surface area contributed by atoms with E-state index in [0.717, 1.165) is 18.4 Å². The van der Waals surface area contributed by atoms with Crippen LogP contribution in [0.4, 0.5) is 14.6 Å². The fourth-order valence-corrected chi connectivity index (χ4v) is 6.02. The zero-order chi connectivity index (χ0) is 23.2. The molecule has 3 atom stereocenters. The Balaban J connectivity index is 1.40. The highest BCUT2D eigenvalue weighted by atomic mass is 32.2. The Morgan fingerprint density at radius 1 is 0.970 bits per heavy atom. The Kier molecular flexibility index (Phi) is 5.80. The van der Waals surface area contributed by atoms with E-state index in [-0.39, 0.29) is 28.6 Å². The molecule has 3 aliphatic carbocycles. The van der Waals surface area contributed by atoms with Gasteiger partial charge < -0.3 is 5.32 Å². The summed E-state index contributed by atoms with van der Waals surface area (Å²) < 4.78 is 52.5. The predicted molar refractivity (Wildman–Crippen MR) is 122 cm³/mol. The second-order valence-electron chi connectivity index (χ2n) is 9.32. The molecule has 5 rings (SSSR count). The van der Waals surface area contributed by atoms with E-state index >= 15 is 0 Å². The van der Waals surface area contributed by atoms with Gasteiger partial charge in [0, 0.05) is 11.8 Å². The van der Waals surface area contributed by atoms with E-state index in [9.17, 15) is 22.0 Å². The molecule has 33 heavy (non-hydrogen) atoms. The van der Waals surface area contributed by atoms with Crippen LogP contribution < -0.4 is 5.32 Å². The summed E-state index contributed by atoms with van der Waals surface area (Å²) in [4.78, 5) is 17.7. The fourth-order valence-electron chi connectivity index (χ4n) is 4.36. The molecule has 5 nitrogen and oxygen atoms in total. The number of amides is 1. The van der Waals surface area contributed by atoms with Crippen molar-refractivity contribution in [2.24, 2.45) is 5.92 Å². The van der Waals surface area contributed by atoms with Crippen LogP contribution >= 0.6 is 0 Å². The summed E-state index contributed by atoms with van der Waals surface area (Å²) in [7, 11) is -3.35. The lowest BCUT2D eigenvalue weighted by Gasteiger charge is -2.13. The third kappa shape index (κ3) is 4.86. The molecular formula is C25H26F2N2O3S. The van der Waals surface area contributed by atoms with Crippen LogP contribution in [0.1, 0.15) is 55.6 Å². The molecular weight excluding hydrogens is 446 g/mol. The first-order valence-corrected chi connectivity index (χ1v) is 13.0. The number of anilines is 1. The van der Waals surface area contributed by atoms with Crippen LogP contribution in [0.2, 0.25) is 0 Å². The fraction of sp³-hybridized carbons (Fsp3) is 0.440. The monoisotopic (exact) mass is 472 g/mol. The number of alkyl halides is 2. The number of sulfone groups is 1. The summed E-state index contributed by atoms with van der Waals surface area (Å²) >= 11 is 0. The SMILES string of the molecule is O=C(Nc1ccc(C2CC2)cn1)/C(=C/C1C[C@@H](F)[C@@H](F)C1)c1ccc(S(=O)(=O)C2CC2)cc1. The van der Waals surface area contributed by atoms with Crippen molar-refractivity contribution in [3.63, 3.8) is 0 Å². The van der Waals surface area contributed by atoms with Gasteiger partial charge in [-0.3, -0.25) is 4.79 Å². The molecule has 1 heterocycles. The Morgan fingerprint density at radius 3 is 2.18 bits per heavy atom. The molecule has 174 valence electrons. The van der Waals surface area contributed by atoms with E-state index in [2.05, 4.69) is 10.3 Å². The van der Waals surface area contributed by atoms with E-state index in [1.165, 1.54) is 12.1 Å². The van der Waals surface area contributed by atoms with Crippen molar-refractivity contribution in [2.75, 3.05) is 5.32 Å². The summed E-state index contributed by atoms with van der Waals surface area (Å²) in [5, 5.41) is 2.45. The van der Waals surface area contributed by atoms with Gasteiger partial charge in [0.15, 0.2) is 9.84 Å². The Hall–Kier alpha value is -2.61. The first-order valence-electron chi connectivity index (χ1n) is 11.4. The van der Waals surface area contributed by atoms with Crippen LogP contribution in [0.15, 0.2) is 53.6 Å². The summed E-state index contributed by atoms with van der Waals surface area (Å²) in [6, 6.07) is 9.85. The minimum Gasteiger partial charge on any atom is -0.307 e. The van der Waals surface area contributed by atoms with E-state index < -0.39 is 34.0 Å². The molecule has 3 aliphatic rings. The quantitative estimate of drug-likeness (QED) is 0.575. The van der Waals surface area contributed by atoms with E-state index in [4.69, 9.17) is 0 Å². The van der Waals surface area contributed by atoms with Gasteiger partial charge in [0.2, 0.25) is 0 Å². The van der Waals surface area contributed by atoms with Gasteiger partial charge in [0.1, 0.15) is 18.2 Å². The van der Waals surface area contributed by atoms with Crippen molar-refractivity contribution < 1.29 is 22.0 Å². The van der Waals surface area contributed by atoms with Gasteiger partial charge in [-0.15, -0.1) is 0 Å². The number of nitrogens with zero attached hydrogens (tertiary/aromatic N) is 1. The number of carbonyl (C=O) groups is 1. The molecule has 3 fully saturated rings. The Bertz CT molecular complexity index is 1160. The topological polar surface area (TPSA) is 76.1 Å². The molecule has 8 heteroatoms. The summed E-state index contributed by atoms with van der Waals surface area (Å²) in [5.74, 6) is 0.0715. The molecule has 0 aliphatic heterocycles. The molecule has 0 radical (unpaired) electrons. The minimum atomic E-state index is -3.35. The molecule has 1 N–H and O–H groups in total. The minimum absolute atomic E-state index is 0.0143. The number of halogens is 2. The van der Waals surface area contributed by atoms with E-state index in [1.807, 2.05) is 6.07 Å². The van der Waals surface area contributed by atoms with Gasteiger partial charge >= 0.3 is 0 Å². The number of benzene rings is 1. The highest BCUT2D eigenvalue weighted by molar-refractivity contribution is 7.92. The van der Waals surface area contributed by atoms with Gasteiger partial charge in [0.05, 0.1) is 10.1 Å². The number of hydrogen-bond donors (Lipinski definition) is 1. The van der Waals surface area contributed by atoms with Crippen molar-refractivity contribution >= 4 is 27.1 Å². The van der Waals surface area contributed by atoms with Gasteiger partial charge in [-0.05, 0) is 79.7 Å². The van der Waals surface area contributed by atoms with Crippen molar-refractivity contribution in [3.05, 3.63) is 59.8 Å². The third-order valence-corrected chi connectivity index (χ3v) is 8.91. The predicted octanol–water partition coefficient (Wildman–Crippen LogP) is 5.00. The van der Waals surface area contributed by atoms with Gasteiger partial charge in [-0.2, -0.15) is 0 Å². The first kappa shape index (κ1) is 22.2. The molecule has 0 saturated heterocycles. The number of allylic oxidation sites excluding steroid dienone is 1. The lowest BCUT2D eigenvalue weighted by atomic mass is 9.98. The molecule has 0 bridgehead atoms. The number of nitrogens with one attached hydrogen (secondary N) is 1. The van der Waals surface area contributed by atoms with E-state index in [0.29, 0.717) is 30.1 Å². The second kappa shape index (κ2) is 8.63. The van der Waals surface area contributed by atoms with Crippen molar-refractivity contribution in [1.29, 1.82) is 0 Å². The van der Waals surface area contributed by atoms with Crippen molar-refractivity contribution in [2.45, 2.75) is 66.9 Å². The number of rotatable bonds is 7. The summed E-state index contributed by atoms with van der Waals surface area (Å²) in [5.41, 5.74) is 1.89. The molecule has 3 saturated carbocycles. The molecule has 1 unspecified atom stereocenters. The molecule has 1 aromatic carbocycles. The number of carbonyl (C=O) groups excluding carboxylic acids is 1. The Labute approximate surface area is 192 Å². The highest BCUT2D eigenvalue weighted by Gasteiger charge is 2.37. The average molecular weight is 473 g/mol. The maximum absolute atomic E-state index is 13.8. The third-order valence-electron chi connectivity index (χ3n) is 6.63. The van der Waals surface area contributed by atoms with Crippen LogP contribution in [0.25, 0.3) is 5.57 Å². The standard InChI is InChI=1S/C25H26F2N2O3S/c26-22-12-15(13-23(22)27)11-21(17-3-6-19(7-4-17)33(31,32)20-8-9-20)25(30)29-24-10-5-18(14-28-24)16-1-2-16/h3-7,10-11,14-16,20,22-23H,1-2,8-9,12-13H2,(H,28,29,30)/b21-11+/t15?,22-,23+. The number of aromatic nitrogens is 1. The van der Waals surface area contributed by atoms with Crippen LogP contribution in [0, 0.1) is 5.92 Å². The average Bonchev–Trinajstić information content (AvgIpc) is 3.70. The molecule has 2 aromatic rings. The highest BCUT2D eigenvalue weighted by Crippen LogP contribution is 2.40. The second-order valence-corrected chi connectivity index (χ2v) is 11.5. The maximum atomic E-state index is 13.8. The first-order chi connectivity index (χ1) is 15.8. The summed E-state index contributed by atoms with van der Waals surface area (Å²) in [6.07, 6.45) is 3.94. The van der Waals surface area contributed by atoms with E-state index in [1.54, 1.807) is 30.5 Å². The van der Waals surface area contributed by atoms with Crippen LogP contribution in [0.5, 0.6) is 0 Å². The zero-order valence-corrected chi connectivity index (χ0v) is 18.9. The molecule has 1 amide bonds. The smallest absolute Gasteiger partial charge is 0.257 e. The maximum Gasteiger partial charge on any atom is 0.257 e. The Morgan fingerprint density at radius 2 is 1.64 bits per heavy atom. The molecule has 1 aromatic heterocycles. The van der Waals surface area contributed by atoms with Crippen molar-refractivity contribution in [3.8, 4) is 0 Å². The van der Waals surface area contributed by atoms with Crippen LogP contribution in [0.3, 0.4) is 0 Å². The van der Waals surface area contributed by atoms with Gasteiger partial charge in [0.25, 0.3) is 5.91 Å². The van der Waals surface area contributed by atoms with Gasteiger partial charge in [-0.25, -0.2) is 22.2 Å². The summed E-state index contributed by atoms with van der Waals surface area (Å²) in [6.45, 7) is 0. The number of pyridine rings is 1. The molecule has 0 spiro atoms. The van der Waals surface area contributed by atoms with Crippen molar-refractivity contribution in [1.82, 2.24) is 4.98 Å². The normalized spacial score (nSPS) is 25.8.